The number of hydrogen-bond acceptors (Lipinski definition) is 6. The van der Waals surface area contributed by atoms with Gasteiger partial charge < -0.3 is 10.1 Å². The zero-order valence-corrected chi connectivity index (χ0v) is 14.9. The highest BCUT2D eigenvalue weighted by atomic mass is 32.1. The molecule has 136 valence electrons. The number of aromatic nitrogens is 1. The second kappa shape index (κ2) is 7.96. The number of hydrogen-bond donors (Lipinski definition) is 3. The SMILES string of the molecule is Cc1ccc(OCc2nc(C(=O)NNC(=O)C(=O)NC3CC3)cs2)cc1. The molecular formula is C17H18N4O4S. The van der Waals surface area contributed by atoms with Gasteiger partial charge in [0, 0.05) is 11.4 Å². The van der Waals surface area contributed by atoms with Crippen LogP contribution in [0.2, 0.25) is 0 Å². The lowest BCUT2D eigenvalue weighted by molar-refractivity contribution is -0.139. The molecule has 0 atom stereocenters. The maximum atomic E-state index is 12.0. The zero-order valence-electron chi connectivity index (χ0n) is 14.1. The van der Waals surface area contributed by atoms with Gasteiger partial charge in [-0.25, -0.2) is 4.98 Å². The molecule has 1 aliphatic rings. The van der Waals surface area contributed by atoms with Crippen molar-refractivity contribution in [2.24, 2.45) is 0 Å². The first kappa shape index (κ1) is 17.9. The molecule has 3 N–H and O–H groups in total. The van der Waals surface area contributed by atoms with Gasteiger partial charge in [-0.3, -0.25) is 25.2 Å². The molecule has 1 aliphatic carbocycles. The van der Waals surface area contributed by atoms with Crippen molar-refractivity contribution in [1.82, 2.24) is 21.2 Å². The van der Waals surface area contributed by atoms with Gasteiger partial charge in [-0.05, 0) is 31.9 Å². The first-order valence-electron chi connectivity index (χ1n) is 8.06. The summed E-state index contributed by atoms with van der Waals surface area (Å²) in [6, 6.07) is 7.67. The summed E-state index contributed by atoms with van der Waals surface area (Å²) in [5, 5.41) is 4.70. The quantitative estimate of drug-likeness (QED) is 0.536. The van der Waals surface area contributed by atoms with E-state index in [1.54, 1.807) is 5.38 Å². The summed E-state index contributed by atoms with van der Waals surface area (Å²) in [5.41, 5.74) is 5.52. The third kappa shape index (κ3) is 5.03. The predicted molar refractivity (Wildman–Crippen MR) is 94.4 cm³/mol. The molecule has 1 fully saturated rings. The maximum absolute atomic E-state index is 12.0. The molecule has 1 saturated carbocycles. The van der Waals surface area contributed by atoms with Crippen LogP contribution in [0.1, 0.15) is 33.9 Å². The van der Waals surface area contributed by atoms with E-state index in [1.165, 1.54) is 11.3 Å². The van der Waals surface area contributed by atoms with Crippen molar-refractivity contribution >= 4 is 29.1 Å². The van der Waals surface area contributed by atoms with Gasteiger partial charge in [0.2, 0.25) is 0 Å². The van der Waals surface area contributed by atoms with Crippen LogP contribution in [-0.2, 0) is 16.2 Å². The number of carbonyl (C=O) groups excluding carboxylic acids is 3. The molecule has 1 heterocycles. The average Bonchev–Trinajstić information content (AvgIpc) is 3.32. The average molecular weight is 374 g/mol. The number of nitrogens with one attached hydrogen (secondary N) is 3. The number of aryl methyl sites for hydroxylation is 1. The van der Waals surface area contributed by atoms with Crippen LogP contribution in [0.3, 0.4) is 0 Å². The van der Waals surface area contributed by atoms with Gasteiger partial charge in [0.15, 0.2) is 0 Å². The van der Waals surface area contributed by atoms with Crippen LogP contribution in [0.15, 0.2) is 29.6 Å². The predicted octanol–water partition coefficient (Wildman–Crippen LogP) is 1.07. The standard InChI is InChI=1S/C17H18N4O4S/c1-10-2-6-12(7-3-10)25-8-14-19-13(9-26-14)15(22)20-21-17(24)16(23)18-11-4-5-11/h2-3,6-7,9,11H,4-5,8H2,1H3,(H,18,23)(H,20,22)(H,21,24). The van der Waals surface area contributed by atoms with Crippen molar-refractivity contribution in [1.29, 1.82) is 0 Å². The van der Waals surface area contributed by atoms with Crippen LogP contribution in [-0.4, -0.2) is 28.7 Å². The van der Waals surface area contributed by atoms with Gasteiger partial charge in [-0.15, -0.1) is 11.3 Å². The van der Waals surface area contributed by atoms with Crippen molar-refractivity contribution in [3.05, 3.63) is 45.9 Å². The van der Waals surface area contributed by atoms with Gasteiger partial charge >= 0.3 is 11.8 Å². The van der Waals surface area contributed by atoms with Gasteiger partial charge in [0.25, 0.3) is 5.91 Å². The molecule has 1 aromatic heterocycles. The number of nitrogens with zero attached hydrogens (tertiary/aromatic N) is 1. The first-order valence-corrected chi connectivity index (χ1v) is 8.94. The van der Waals surface area contributed by atoms with Crippen LogP contribution in [0.25, 0.3) is 0 Å². The summed E-state index contributed by atoms with van der Waals surface area (Å²) in [6.45, 7) is 2.22. The number of rotatable bonds is 5. The fourth-order valence-corrected chi connectivity index (χ4v) is 2.66. The molecule has 8 nitrogen and oxygen atoms in total. The van der Waals surface area contributed by atoms with Crippen molar-refractivity contribution in [3.63, 3.8) is 0 Å². The Morgan fingerprint density at radius 3 is 2.58 bits per heavy atom. The Kier molecular flexibility index (Phi) is 5.47. The number of carbonyl (C=O) groups is 3. The van der Waals surface area contributed by atoms with Crippen LogP contribution in [0, 0.1) is 6.92 Å². The monoisotopic (exact) mass is 374 g/mol. The number of hydrazine groups is 1. The second-order valence-corrected chi connectivity index (χ2v) is 6.83. The highest BCUT2D eigenvalue weighted by molar-refractivity contribution is 7.09. The van der Waals surface area contributed by atoms with Crippen LogP contribution >= 0.6 is 11.3 Å². The summed E-state index contributed by atoms with van der Waals surface area (Å²) in [5.74, 6) is -1.57. The van der Waals surface area contributed by atoms with E-state index in [2.05, 4.69) is 21.2 Å². The van der Waals surface area contributed by atoms with Gasteiger partial charge in [-0.2, -0.15) is 0 Å². The van der Waals surface area contributed by atoms with Crippen molar-refractivity contribution in [2.75, 3.05) is 0 Å². The summed E-state index contributed by atoms with van der Waals surface area (Å²) < 4.78 is 5.61. The topological polar surface area (TPSA) is 109 Å². The molecule has 0 saturated heterocycles. The second-order valence-electron chi connectivity index (χ2n) is 5.88. The highest BCUT2D eigenvalue weighted by Gasteiger charge is 2.26. The molecule has 2 aromatic rings. The number of amides is 3. The molecule has 0 spiro atoms. The minimum atomic E-state index is -0.914. The normalized spacial score (nSPS) is 13.0. The fraction of sp³-hybridized carbons (Fsp3) is 0.294. The lowest BCUT2D eigenvalue weighted by Gasteiger charge is -2.06. The molecule has 3 amide bonds. The third-order valence-electron chi connectivity index (χ3n) is 3.58. The van der Waals surface area contributed by atoms with Gasteiger partial charge in [0.1, 0.15) is 23.1 Å². The molecule has 0 bridgehead atoms. The highest BCUT2D eigenvalue weighted by Crippen LogP contribution is 2.18. The molecule has 0 unspecified atom stereocenters. The zero-order chi connectivity index (χ0) is 18.5. The summed E-state index contributed by atoms with van der Waals surface area (Å²) in [6.07, 6.45) is 1.75. The molecule has 0 radical (unpaired) electrons. The van der Waals surface area contributed by atoms with E-state index in [1.807, 2.05) is 31.2 Å². The number of ether oxygens (including phenoxy) is 1. The van der Waals surface area contributed by atoms with Crippen molar-refractivity contribution < 1.29 is 19.1 Å². The third-order valence-corrected chi connectivity index (χ3v) is 4.40. The fourth-order valence-electron chi connectivity index (χ4n) is 1.97. The minimum Gasteiger partial charge on any atom is -0.486 e. The first-order chi connectivity index (χ1) is 12.5. The van der Waals surface area contributed by atoms with E-state index < -0.39 is 17.7 Å². The molecule has 26 heavy (non-hydrogen) atoms. The Hall–Kier alpha value is -2.94. The van der Waals surface area contributed by atoms with E-state index in [4.69, 9.17) is 4.74 Å². The Morgan fingerprint density at radius 2 is 1.88 bits per heavy atom. The van der Waals surface area contributed by atoms with Crippen LogP contribution in [0.5, 0.6) is 5.75 Å². The lowest BCUT2D eigenvalue weighted by atomic mass is 10.2. The van der Waals surface area contributed by atoms with E-state index in [0.29, 0.717) is 10.8 Å². The molecular weight excluding hydrogens is 356 g/mol. The van der Waals surface area contributed by atoms with Crippen molar-refractivity contribution in [3.8, 4) is 5.75 Å². The Labute approximate surface area is 153 Å². The van der Waals surface area contributed by atoms with Crippen LogP contribution in [0.4, 0.5) is 0 Å². The smallest absolute Gasteiger partial charge is 0.327 e. The van der Waals surface area contributed by atoms with E-state index in [9.17, 15) is 14.4 Å². The Morgan fingerprint density at radius 1 is 1.15 bits per heavy atom. The summed E-state index contributed by atoms with van der Waals surface area (Å²) >= 11 is 1.27. The lowest BCUT2D eigenvalue weighted by Crippen LogP contribution is -2.49. The van der Waals surface area contributed by atoms with Gasteiger partial charge in [-0.1, -0.05) is 17.7 Å². The Bertz CT molecular complexity index is 814. The maximum Gasteiger partial charge on any atom is 0.327 e. The van der Waals surface area contributed by atoms with E-state index in [-0.39, 0.29) is 18.3 Å². The molecule has 3 rings (SSSR count). The number of benzene rings is 1. The van der Waals surface area contributed by atoms with Gasteiger partial charge in [0.05, 0.1) is 0 Å². The van der Waals surface area contributed by atoms with E-state index in [0.717, 1.165) is 18.4 Å². The summed E-state index contributed by atoms with van der Waals surface area (Å²) in [7, 11) is 0. The molecule has 0 aliphatic heterocycles. The molecule has 9 heteroatoms. The van der Waals surface area contributed by atoms with E-state index >= 15 is 0 Å². The number of thiazole rings is 1. The van der Waals surface area contributed by atoms with Crippen molar-refractivity contribution in [2.45, 2.75) is 32.4 Å². The Balaban J connectivity index is 1.45. The van der Waals surface area contributed by atoms with Crippen LogP contribution < -0.4 is 20.9 Å². The molecule has 1 aromatic carbocycles. The minimum absolute atomic E-state index is 0.0681. The summed E-state index contributed by atoms with van der Waals surface area (Å²) in [4.78, 5) is 39.2. The largest absolute Gasteiger partial charge is 0.486 e.